The molecule has 2 heterocycles. The first-order valence-corrected chi connectivity index (χ1v) is 11.9. The summed E-state index contributed by atoms with van der Waals surface area (Å²) in [4.78, 5) is 12.6. The normalized spacial score (nSPS) is 17.5. The van der Waals surface area contributed by atoms with E-state index in [0.717, 1.165) is 48.2 Å². The molecule has 1 saturated heterocycles. The van der Waals surface area contributed by atoms with Gasteiger partial charge in [-0.2, -0.15) is 18.3 Å². The minimum absolute atomic E-state index is 0.117. The number of benzene rings is 2. The Morgan fingerprint density at radius 1 is 1.11 bits per heavy atom. The second kappa shape index (κ2) is 10.7. The largest absolute Gasteiger partial charge is 0.401 e. The lowest BCUT2D eigenvalue weighted by molar-refractivity contribution is -0.143. The van der Waals surface area contributed by atoms with E-state index in [1.807, 2.05) is 48.5 Å². The Morgan fingerprint density at radius 3 is 2.51 bits per heavy atom. The summed E-state index contributed by atoms with van der Waals surface area (Å²) >= 11 is 6.04. The third-order valence-corrected chi connectivity index (χ3v) is 6.51. The Balaban J connectivity index is 0.000000165. The first kappa shape index (κ1) is 25.1. The van der Waals surface area contributed by atoms with E-state index in [0.29, 0.717) is 23.9 Å². The Hall–Kier alpha value is -3.04. The number of likely N-dealkylation sites (tertiary alicyclic amines) is 1. The number of rotatable bonds is 4. The zero-order valence-corrected chi connectivity index (χ0v) is 19.8. The van der Waals surface area contributed by atoms with E-state index < -0.39 is 18.8 Å². The van der Waals surface area contributed by atoms with Crippen molar-refractivity contribution in [3.05, 3.63) is 76.4 Å². The average Bonchev–Trinajstić information content (AvgIpc) is 3.52. The van der Waals surface area contributed by atoms with Crippen LogP contribution in [-0.4, -0.2) is 46.5 Å². The van der Waals surface area contributed by atoms with Crippen LogP contribution in [-0.2, 0) is 12.8 Å². The van der Waals surface area contributed by atoms with Gasteiger partial charge in [0.2, 0.25) is 0 Å². The minimum Gasteiger partial charge on any atom is -0.351 e. The quantitative estimate of drug-likeness (QED) is 0.488. The van der Waals surface area contributed by atoms with Crippen LogP contribution in [0.3, 0.4) is 0 Å². The Bertz CT molecular complexity index is 1170. The van der Waals surface area contributed by atoms with E-state index in [9.17, 15) is 18.0 Å². The van der Waals surface area contributed by atoms with Crippen molar-refractivity contribution in [2.24, 2.45) is 5.73 Å². The van der Waals surface area contributed by atoms with Crippen LogP contribution in [0.1, 0.15) is 35.6 Å². The van der Waals surface area contributed by atoms with Crippen molar-refractivity contribution < 1.29 is 18.0 Å². The van der Waals surface area contributed by atoms with Crippen LogP contribution in [0.5, 0.6) is 0 Å². The summed E-state index contributed by atoms with van der Waals surface area (Å²) in [5.41, 5.74) is 9.28. The lowest BCUT2D eigenvalue weighted by Gasteiger charge is -2.18. The van der Waals surface area contributed by atoms with Gasteiger partial charge in [-0.3, -0.25) is 10.2 Å². The van der Waals surface area contributed by atoms with Gasteiger partial charge in [-0.15, -0.1) is 0 Å². The van der Waals surface area contributed by atoms with Crippen LogP contribution >= 0.6 is 11.6 Å². The number of nitrogens with two attached hydrogens (primary N) is 1. The van der Waals surface area contributed by atoms with Crippen molar-refractivity contribution in [1.82, 2.24) is 14.7 Å². The summed E-state index contributed by atoms with van der Waals surface area (Å²) in [6.45, 7) is 0.0899. The molecule has 1 aliphatic carbocycles. The monoisotopic (exact) mass is 505 g/mol. The molecule has 186 valence electrons. The third kappa shape index (κ3) is 6.35. The fraction of sp³-hybridized carbons (Fsp3) is 0.360. The number of halogens is 4. The Kier molecular flexibility index (Phi) is 7.66. The Morgan fingerprint density at radius 2 is 1.83 bits per heavy atom. The van der Waals surface area contributed by atoms with Crippen LogP contribution < -0.4 is 11.1 Å². The number of primary amides is 1. The number of nitrogens with zero attached hydrogens (tertiary/aromatic N) is 3. The van der Waals surface area contributed by atoms with Crippen molar-refractivity contribution in [1.29, 1.82) is 0 Å². The number of alkyl halides is 3. The molecule has 0 spiro atoms. The third-order valence-electron chi connectivity index (χ3n) is 6.17. The van der Waals surface area contributed by atoms with Crippen molar-refractivity contribution in [3.8, 4) is 5.69 Å². The summed E-state index contributed by atoms with van der Waals surface area (Å²) in [6.07, 6.45) is -0.393. The molecule has 6 nitrogen and oxygen atoms in total. The molecule has 0 bridgehead atoms. The predicted molar refractivity (Wildman–Crippen MR) is 130 cm³/mol. The number of amides is 2. The standard InChI is InChI=1S/C13H14N4O.C12H13ClF3N/c14-13(18)15-12-10-7-4-8-11(10)16-17(12)9-5-2-1-3-6-9;13-11-4-2-1-3-10(11)9-5-6-17(7-9)8-12(14,15)16/h1-3,5-6H,4,7-8H2,(H3,14,15,18);1-4,9H,5-8H2/t;9-/m.0/s1. The molecule has 10 heteroatoms. The SMILES string of the molecule is FC(F)(F)CN1CC[C@H](c2ccccc2Cl)C1.NC(=O)Nc1c2c(nn1-c1ccccc1)CCC2. The molecule has 1 atom stereocenters. The molecule has 3 aromatic rings. The number of anilines is 1. The molecular formula is C25H27ClF3N5O. The van der Waals surface area contributed by atoms with Gasteiger partial charge in [-0.25, -0.2) is 9.48 Å². The zero-order valence-electron chi connectivity index (χ0n) is 19.1. The van der Waals surface area contributed by atoms with Crippen molar-refractivity contribution in [2.45, 2.75) is 37.8 Å². The molecular weight excluding hydrogens is 479 g/mol. The highest BCUT2D eigenvalue weighted by atomic mass is 35.5. The zero-order chi connectivity index (χ0) is 25.0. The maximum Gasteiger partial charge on any atom is 0.401 e. The topological polar surface area (TPSA) is 76.2 Å². The van der Waals surface area contributed by atoms with Gasteiger partial charge in [-0.05, 0) is 61.9 Å². The van der Waals surface area contributed by atoms with Crippen LogP contribution in [0.15, 0.2) is 54.6 Å². The predicted octanol–water partition coefficient (Wildman–Crippen LogP) is 5.54. The molecule has 1 aliphatic heterocycles. The number of fused-ring (bicyclic) bond motifs is 1. The summed E-state index contributed by atoms with van der Waals surface area (Å²) < 4.78 is 38.5. The van der Waals surface area contributed by atoms with Gasteiger partial charge < -0.3 is 5.73 Å². The van der Waals surface area contributed by atoms with Gasteiger partial charge in [0.25, 0.3) is 0 Å². The highest BCUT2D eigenvalue weighted by Crippen LogP contribution is 2.33. The van der Waals surface area contributed by atoms with Gasteiger partial charge in [0, 0.05) is 17.1 Å². The number of hydrogen-bond donors (Lipinski definition) is 2. The first-order valence-electron chi connectivity index (χ1n) is 11.5. The first-order chi connectivity index (χ1) is 16.7. The van der Waals surface area contributed by atoms with E-state index in [-0.39, 0.29) is 5.92 Å². The summed E-state index contributed by atoms with van der Waals surface area (Å²) in [5, 5.41) is 7.90. The van der Waals surface area contributed by atoms with Crippen LogP contribution in [0.4, 0.5) is 23.8 Å². The fourth-order valence-corrected chi connectivity index (χ4v) is 4.97. The number of urea groups is 1. The number of nitrogens with one attached hydrogen (secondary N) is 1. The number of hydrogen-bond acceptors (Lipinski definition) is 3. The number of aromatic nitrogens is 2. The number of carbonyl (C=O) groups is 1. The van der Waals surface area contributed by atoms with E-state index in [4.69, 9.17) is 17.3 Å². The molecule has 1 fully saturated rings. The molecule has 0 saturated carbocycles. The van der Waals surface area contributed by atoms with E-state index in [1.54, 1.807) is 10.7 Å². The molecule has 2 aliphatic rings. The second-order valence-corrected chi connectivity index (χ2v) is 9.13. The number of carbonyl (C=O) groups excluding carboxylic acids is 1. The van der Waals surface area contributed by atoms with Crippen LogP contribution in [0, 0.1) is 0 Å². The molecule has 1 aromatic heterocycles. The Labute approximate surface area is 206 Å². The van der Waals surface area contributed by atoms with Gasteiger partial charge in [-0.1, -0.05) is 48.0 Å². The number of aryl methyl sites for hydroxylation is 1. The van der Waals surface area contributed by atoms with Crippen LogP contribution in [0.2, 0.25) is 5.02 Å². The molecule has 0 unspecified atom stereocenters. The van der Waals surface area contributed by atoms with Gasteiger partial charge in [0.05, 0.1) is 17.9 Å². The van der Waals surface area contributed by atoms with E-state index in [2.05, 4.69) is 10.4 Å². The second-order valence-electron chi connectivity index (χ2n) is 8.72. The molecule has 0 radical (unpaired) electrons. The summed E-state index contributed by atoms with van der Waals surface area (Å²) in [6, 6.07) is 16.5. The van der Waals surface area contributed by atoms with Crippen molar-refractivity contribution in [3.63, 3.8) is 0 Å². The summed E-state index contributed by atoms with van der Waals surface area (Å²) in [7, 11) is 0. The van der Waals surface area contributed by atoms with Crippen molar-refractivity contribution >= 4 is 23.4 Å². The molecule has 5 rings (SSSR count). The molecule has 35 heavy (non-hydrogen) atoms. The van der Waals surface area contributed by atoms with Gasteiger partial charge in [0.1, 0.15) is 5.82 Å². The van der Waals surface area contributed by atoms with Crippen LogP contribution in [0.25, 0.3) is 5.69 Å². The molecule has 2 aromatic carbocycles. The smallest absolute Gasteiger partial charge is 0.351 e. The maximum absolute atomic E-state index is 12.2. The highest BCUT2D eigenvalue weighted by Gasteiger charge is 2.35. The molecule has 2 amide bonds. The summed E-state index contributed by atoms with van der Waals surface area (Å²) in [5.74, 6) is 0.826. The fourth-order valence-electron chi connectivity index (χ4n) is 4.68. The lowest BCUT2D eigenvalue weighted by atomic mass is 9.98. The highest BCUT2D eigenvalue weighted by molar-refractivity contribution is 6.31. The van der Waals surface area contributed by atoms with Gasteiger partial charge >= 0.3 is 12.2 Å². The maximum atomic E-state index is 12.2. The molecule has 3 N–H and O–H groups in total. The number of para-hydroxylation sites is 1. The van der Waals surface area contributed by atoms with Gasteiger partial charge in [0.15, 0.2) is 0 Å². The minimum atomic E-state index is -4.12. The average molecular weight is 506 g/mol. The van der Waals surface area contributed by atoms with Crippen molar-refractivity contribution in [2.75, 3.05) is 25.0 Å². The van der Waals surface area contributed by atoms with E-state index in [1.165, 1.54) is 4.90 Å². The van der Waals surface area contributed by atoms with E-state index >= 15 is 0 Å². The lowest BCUT2D eigenvalue weighted by Crippen LogP contribution is -2.32.